The van der Waals surface area contributed by atoms with E-state index in [2.05, 4.69) is 24.9 Å². The number of benzene rings is 1. The lowest BCUT2D eigenvalue weighted by molar-refractivity contribution is -0.0589. The number of anilines is 1. The second-order valence-electron chi connectivity index (χ2n) is 7.78. The van der Waals surface area contributed by atoms with Crippen LogP contribution in [0.4, 0.5) is 5.95 Å². The van der Waals surface area contributed by atoms with E-state index in [4.69, 9.17) is 25.8 Å². The van der Waals surface area contributed by atoms with Crippen molar-refractivity contribution in [3.8, 4) is 17.2 Å². The molecule has 11 nitrogen and oxygen atoms in total. The molecule has 4 rings (SSSR count). The lowest BCUT2D eigenvalue weighted by atomic mass is 10.1. The molecule has 34 heavy (non-hydrogen) atoms. The van der Waals surface area contributed by atoms with Crippen LogP contribution in [-0.4, -0.2) is 59.2 Å². The average molecular weight is 509 g/mol. The van der Waals surface area contributed by atoms with Crippen molar-refractivity contribution in [2.75, 3.05) is 25.5 Å². The Morgan fingerprint density at radius 2 is 1.76 bits per heavy atom. The van der Waals surface area contributed by atoms with Crippen molar-refractivity contribution in [1.82, 2.24) is 24.7 Å². The maximum Gasteiger partial charge on any atom is 0.243 e. The van der Waals surface area contributed by atoms with Crippen molar-refractivity contribution in [3.05, 3.63) is 47.3 Å². The molecule has 1 N–H and O–H groups in total. The Kier molecular flexibility index (Phi) is 6.91. The van der Waals surface area contributed by atoms with Gasteiger partial charge in [-0.05, 0) is 19.1 Å². The molecule has 1 aromatic carbocycles. The highest BCUT2D eigenvalue weighted by atomic mass is 35.5. The summed E-state index contributed by atoms with van der Waals surface area (Å²) in [5, 5.41) is 7.84. The summed E-state index contributed by atoms with van der Waals surface area (Å²) in [6.07, 6.45) is 3.26. The molecule has 0 bridgehead atoms. The smallest absolute Gasteiger partial charge is 0.243 e. The van der Waals surface area contributed by atoms with Crippen LogP contribution in [0.25, 0.3) is 5.69 Å². The zero-order valence-corrected chi connectivity index (χ0v) is 20.7. The Bertz CT molecular complexity index is 1240. The van der Waals surface area contributed by atoms with E-state index in [0.717, 1.165) is 6.42 Å². The molecule has 0 aliphatic carbocycles. The summed E-state index contributed by atoms with van der Waals surface area (Å²) in [6.45, 7) is 3.89. The first-order valence-electron chi connectivity index (χ1n) is 10.5. The van der Waals surface area contributed by atoms with Crippen molar-refractivity contribution in [2.24, 2.45) is 0 Å². The molecule has 2 aromatic heterocycles. The number of halogens is 1. The molecule has 1 aliphatic rings. The van der Waals surface area contributed by atoms with Crippen molar-refractivity contribution in [3.63, 3.8) is 0 Å². The molecule has 2 unspecified atom stereocenters. The molecule has 0 radical (unpaired) electrons. The van der Waals surface area contributed by atoms with Crippen molar-refractivity contribution in [1.29, 1.82) is 0 Å². The van der Waals surface area contributed by atoms with E-state index in [1.807, 2.05) is 0 Å². The normalized spacial score (nSPS) is 17.5. The van der Waals surface area contributed by atoms with Crippen LogP contribution in [0, 0.1) is 0 Å². The maximum atomic E-state index is 13.4. The molecule has 0 amide bonds. The van der Waals surface area contributed by atoms with Gasteiger partial charge < -0.3 is 14.2 Å². The van der Waals surface area contributed by atoms with E-state index in [-0.39, 0.29) is 12.1 Å². The zero-order chi connectivity index (χ0) is 24.5. The van der Waals surface area contributed by atoms with Crippen LogP contribution < -0.4 is 14.2 Å². The van der Waals surface area contributed by atoms with Crippen molar-refractivity contribution in [2.45, 2.75) is 37.5 Å². The topological polar surface area (TPSA) is 130 Å². The second kappa shape index (κ2) is 9.72. The van der Waals surface area contributed by atoms with Crippen molar-refractivity contribution >= 4 is 27.6 Å². The number of nitrogens with one attached hydrogen (secondary N) is 1. The molecule has 1 saturated heterocycles. The van der Waals surface area contributed by atoms with Gasteiger partial charge in [0.25, 0.3) is 0 Å². The van der Waals surface area contributed by atoms with Gasteiger partial charge in [-0.3, -0.25) is 9.29 Å². The molecule has 0 spiro atoms. The van der Waals surface area contributed by atoms with E-state index in [1.54, 1.807) is 36.6 Å². The quantitative estimate of drug-likeness (QED) is 0.463. The first kappa shape index (κ1) is 24.2. The monoisotopic (exact) mass is 508 g/mol. The summed E-state index contributed by atoms with van der Waals surface area (Å²) >= 11 is 5.86. The first-order chi connectivity index (χ1) is 16.3. The van der Waals surface area contributed by atoms with Gasteiger partial charge in [-0.15, -0.1) is 10.2 Å². The van der Waals surface area contributed by atoms with Crippen LogP contribution in [0.5, 0.6) is 11.5 Å². The highest BCUT2D eigenvalue weighted by Crippen LogP contribution is 2.39. The van der Waals surface area contributed by atoms with E-state index >= 15 is 0 Å². The Morgan fingerprint density at radius 3 is 2.29 bits per heavy atom. The molecule has 3 heterocycles. The number of nitrogens with zero attached hydrogens (tertiary/aromatic N) is 5. The number of hydrogen-bond acceptors (Lipinski definition) is 9. The predicted molar refractivity (Wildman–Crippen MR) is 125 cm³/mol. The highest BCUT2D eigenvalue weighted by Gasteiger charge is 2.35. The Hall–Kier alpha value is -2.96. The van der Waals surface area contributed by atoms with Gasteiger partial charge in [-0.2, -0.15) is 0 Å². The number of hydrogen-bond donors (Lipinski definition) is 1. The standard InChI is InChI=1S/C21H25ClN6O5S/c1-12(19-23-10-14(22)11-24-19)13(2)34(29,30)27-21-26-25-20(17-8-9-33-17)28(21)18-15(31-3)6-5-7-16(18)32-4/h5-7,10-13,17H,8-9H2,1-4H3,(H,26,27)/t12?,13?,17-/m0/s1. The third-order valence-corrected chi connectivity index (χ3v) is 7.82. The van der Waals surface area contributed by atoms with Gasteiger partial charge in [0.15, 0.2) is 5.82 Å². The van der Waals surface area contributed by atoms with Gasteiger partial charge in [0.2, 0.25) is 16.0 Å². The number of aromatic nitrogens is 5. The summed E-state index contributed by atoms with van der Waals surface area (Å²) in [4.78, 5) is 8.32. The molecule has 1 fully saturated rings. The van der Waals surface area contributed by atoms with Crippen LogP contribution in [0.2, 0.25) is 5.02 Å². The molecule has 182 valence electrons. The number of ether oxygens (including phenoxy) is 3. The molecule has 13 heteroatoms. The van der Waals surface area contributed by atoms with E-state index in [0.29, 0.717) is 40.5 Å². The summed E-state index contributed by atoms with van der Waals surface area (Å²) in [5.41, 5.74) is 0.461. The number of para-hydroxylation sites is 1. The fourth-order valence-corrected chi connectivity index (χ4v) is 4.87. The fourth-order valence-electron chi connectivity index (χ4n) is 3.54. The maximum absolute atomic E-state index is 13.4. The van der Waals surface area contributed by atoms with Gasteiger partial charge in [0.05, 0.1) is 31.1 Å². The zero-order valence-electron chi connectivity index (χ0n) is 19.1. The van der Waals surface area contributed by atoms with Gasteiger partial charge in [-0.1, -0.05) is 24.6 Å². The summed E-state index contributed by atoms with van der Waals surface area (Å²) < 4.78 is 47.6. The van der Waals surface area contributed by atoms with E-state index < -0.39 is 21.2 Å². The number of rotatable bonds is 9. The van der Waals surface area contributed by atoms with Gasteiger partial charge in [0.1, 0.15) is 29.1 Å². The van der Waals surface area contributed by atoms with Crippen LogP contribution in [-0.2, 0) is 14.8 Å². The molecular formula is C21H25ClN6O5S. The first-order valence-corrected chi connectivity index (χ1v) is 12.5. The SMILES string of the molecule is COc1cccc(OC)c1-n1c(NS(=O)(=O)C(C)C(C)c2ncc(Cl)cn2)nnc1[C@@H]1CCO1. The Morgan fingerprint density at radius 1 is 1.15 bits per heavy atom. The average Bonchev–Trinajstić information content (AvgIpc) is 3.18. The van der Waals surface area contributed by atoms with Gasteiger partial charge >= 0.3 is 0 Å². The third-order valence-electron chi connectivity index (χ3n) is 5.78. The van der Waals surface area contributed by atoms with E-state index in [1.165, 1.54) is 26.6 Å². The minimum Gasteiger partial charge on any atom is -0.494 e. The minimum atomic E-state index is -3.95. The van der Waals surface area contributed by atoms with Crippen LogP contribution >= 0.6 is 11.6 Å². The number of methoxy groups -OCH3 is 2. The lowest BCUT2D eigenvalue weighted by Gasteiger charge is -2.27. The predicted octanol–water partition coefficient (Wildman–Crippen LogP) is 3.12. The fraction of sp³-hybridized carbons (Fsp3) is 0.429. The Labute approximate surface area is 202 Å². The van der Waals surface area contributed by atoms with Gasteiger partial charge in [0, 0.05) is 24.7 Å². The largest absolute Gasteiger partial charge is 0.494 e. The molecule has 1 aliphatic heterocycles. The van der Waals surface area contributed by atoms with Crippen molar-refractivity contribution < 1.29 is 22.6 Å². The summed E-state index contributed by atoms with van der Waals surface area (Å²) in [5.74, 6) is 1.17. The third kappa shape index (κ3) is 4.52. The van der Waals surface area contributed by atoms with Crippen LogP contribution in [0.15, 0.2) is 30.6 Å². The number of sulfonamides is 1. The second-order valence-corrected chi connectivity index (χ2v) is 10.3. The summed E-state index contributed by atoms with van der Waals surface area (Å²) in [6, 6.07) is 5.25. The minimum absolute atomic E-state index is 0.00984. The summed E-state index contributed by atoms with van der Waals surface area (Å²) in [7, 11) is -0.919. The molecular weight excluding hydrogens is 484 g/mol. The van der Waals surface area contributed by atoms with Crippen LogP contribution in [0.3, 0.4) is 0 Å². The molecule has 0 saturated carbocycles. The Balaban J connectivity index is 1.74. The van der Waals surface area contributed by atoms with Gasteiger partial charge in [-0.25, -0.2) is 18.4 Å². The lowest BCUT2D eigenvalue weighted by Crippen LogP contribution is -2.32. The molecule has 3 aromatic rings. The highest BCUT2D eigenvalue weighted by molar-refractivity contribution is 7.93. The van der Waals surface area contributed by atoms with E-state index in [9.17, 15) is 8.42 Å². The molecule has 3 atom stereocenters. The van der Waals surface area contributed by atoms with Crippen LogP contribution in [0.1, 0.15) is 43.9 Å².